The number of nitrogens with zero attached hydrogens (tertiary/aromatic N) is 2. The molecule has 1 aromatic heterocycles. The molecule has 2 aromatic rings. The third kappa shape index (κ3) is 2.75. The summed E-state index contributed by atoms with van der Waals surface area (Å²) in [5, 5.41) is 14.1. The Morgan fingerprint density at radius 2 is 2.22 bits per heavy atom. The van der Waals surface area contributed by atoms with Crippen LogP contribution in [-0.2, 0) is 0 Å². The zero-order chi connectivity index (χ0) is 13.0. The fraction of sp³-hybridized carbons (Fsp3) is 0.182. The molecule has 0 fully saturated rings. The van der Waals surface area contributed by atoms with Gasteiger partial charge in [0, 0.05) is 18.8 Å². The smallest absolute Gasteiger partial charge is 0.286 e. The minimum Gasteiger partial charge on any atom is -0.497 e. The molecule has 0 bridgehead atoms. The number of nitrogens with one attached hydrogen (secondary N) is 2. The number of hydrogen-bond acceptors (Lipinski definition) is 6. The van der Waals surface area contributed by atoms with Crippen LogP contribution < -0.4 is 15.4 Å². The summed E-state index contributed by atoms with van der Waals surface area (Å²) in [4.78, 5) is 11.9. The van der Waals surface area contributed by atoms with Crippen LogP contribution in [0.1, 0.15) is 9.80 Å². The maximum absolute atomic E-state index is 11.9. The second kappa shape index (κ2) is 5.46. The van der Waals surface area contributed by atoms with Gasteiger partial charge in [0.1, 0.15) is 5.75 Å². The maximum atomic E-state index is 11.9. The van der Waals surface area contributed by atoms with E-state index in [-0.39, 0.29) is 5.91 Å². The predicted molar refractivity (Wildman–Crippen MR) is 70.4 cm³/mol. The highest BCUT2D eigenvalue weighted by atomic mass is 32.1. The second-order valence-corrected chi connectivity index (χ2v) is 4.33. The Bertz CT molecular complexity index is 555. The van der Waals surface area contributed by atoms with Gasteiger partial charge in [-0.15, -0.1) is 10.2 Å². The summed E-state index contributed by atoms with van der Waals surface area (Å²) in [6.07, 6.45) is 0. The molecule has 0 aliphatic carbocycles. The number of aromatic nitrogens is 2. The highest BCUT2D eigenvalue weighted by molar-refractivity contribution is 7.17. The van der Waals surface area contributed by atoms with Crippen molar-refractivity contribution < 1.29 is 9.53 Å². The number of benzene rings is 1. The third-order valence-corrected chi connectivity index (χ3v) is 3.10. The van der Waals surface area contributed by atoms with Crippen molar-refractivity contribution >= 4 is 28.1 Å². The largest absolute Gasteiger partial charge is 0.497 e. The van der Waals surface area contributed by atoms with Gasteiger partial charge in [-0.05, 0) is 12.1 Å². The number of rotatable bonds is 4. The van der Waals surface area contributed by atoms with E-state index in [1.54, 1.807) is 38.4 Å². The van der Waals surface area contributed by atoms with Crippen LogP contribution in [0.2, 0.25) is 0 Å². The minimum absolute atomic E-state index is 0.290. The number of carbonyl (C=O) groups is 1. The van der Waals surface area contributed by atoms with Crippen molar-refractivity contribution in [2.24, 2.45) is 0 Å². The molecule has 2 rings (SSSR count). The first-order valence-electron chi connectivity index (χ1n) is 5.19. The Balaban J connectivity index is 2.10. The first-order valence-corrected chi connectivity index (χ1v) is 6.01. The van der Waals surface area contributed by atoms with Crippen LogP contribution in [-0.4, -0.2) is 30.3 Å². The predicted octanol–water partition coefficient (Wildman–Crippen LogP) is 1.84. The zero-order valence-electron chi connectivity index (χ0n) is 9.93. The SMILES string of the molecule is CNc1nnc(C(=O)Nc2cccc(OC)c2)s1. The van der Waals surface area contributed by atoms with Gasteiger partial charge in [-0.1, -0.05) is 17.4 Å². The van der Waals surface area contributed by atoms with Gasteiger partial charge in [0.15, 0.2) is 0 Å². The Morgan fingerprint density at radius 3 is 2.89 bits per heavy atom. The molecule has 0 aliphatic rings. The van der Waals surface area contributed by atoms with Gasteiger partial charge in [0.2, 0.25) is 10.1 Å². The standard InChI is InChI=1S/C11H12N4O2S/c1-12-11-15-14-10(18-11)9(16)13-7-4-3-5-8(6-7)17-2/h3-6H,1-2H3,(H,12,15)(H,13,16). The first-order chi connectivity index (χ1) is 8.72. The van der Waals surface area contributed by atoms with Crippen molar-refractivity contribution in [1.29, 1.82) is 0 Å². The molecular formula is C11H12N4O2S. The molecule has 1 amide bonds. The second-order valence-electron chi connectivity index (χ2n) is 3.35. The molecule has 1 heterocycles. The topological polar surface area (TPSA) is 76.1 Å². The van der Waals surface area contributed by atoms with Crippen LogP contribution in [0, 0.1) is 0 Å². The van der Waals surface area contributed by atoms with Crippen LogP contribution in [0.25, 0.3) is 0 Å². The van der Waals surface area contributed by atoms with E-state index < -0.39 is 0 Å². The van der Waals surface area contributed by atoms with Crippen molar-refractivity contribution in [1.82, 2.24) is 10.2 Å². The molecule has 0 aliphatic heterocycles. The quantitative estimate of drug-likeness (QED) is 0.881. The van der Waals surface area contributed by atoms with Gasteiger partial charge >= 0.3 is 0 Å². The number of ether oxygens (including phenoxy) is 1. The molecule has 94 valence electrons. The molecular weight excluding hydrogens is 252 g/mol. The van der Waals surface area contributed by atoms with Crippen molar-refractivity contribution in [2.75, 3.05) is 24.8 Å². The van der Waals surface area contributed by atoms with E-state index in [4.69, 9.17) is 4.74 Å². The van der Waals surface area contributed by atoms with Gasteiger partial charge < -0.3 is 15.4 Å². The lowest BCUT2D eigenvalue weighted by molar-refractivity contribution is 0.102. The number of hydrogen-bond donors (Lipinski definition) is 2. The van der Waals surface area contributed by atoms with Crippen LogP contribution in [0.5, 0.6) is 5.75 Å². The number of anilines is 2. The molecule has 0 atom stereocenters. The summed E-state index contributed by atoms with van der Waals surface area (Å²) in [5.41, 5.74) is 0.653. The fourth-order valence-electron chi connectivity index (χ4n) is 1.30. The molecule has 18 heavy (non-hydrogen) atoms. The lowest BCUT2D eigenvalue weighted by Gasteiger charge is -2.04. The van der Waals surface area contributed by atoms with Gasteiger partial charge in [0.05, 0.1) is 7.11 Å². The molecule has 0 radical (unpaired) electrons. The Labute approximate surface area is 108 Å². The van der Waals surface area contributed by atoms with E-state index in [9.17, 15) is 4.79 Å². The summed E-state index contributed by atoms with van der Waals surface area (Å²) < 4.78 is 5.08. The molecule has 6 nitrogen and oxygen atoms in total. The van der Waals surface area contributed by atoms with Crippen LogP contribution in [0.3, 0.4) is 0 Å². The number of amides is 1. The van der Waals surface area contributed by atoms with Crippen LogP contribution in [0.15, 0.2) is 24.3 Å². The third-order valence-electron chi connectivity index (χ3n) is 2.16. The molecule has 7 heteroatoms. The van der Waals surface area contributed by atoms with Crippen molar-refractivity contribution in [3.05, 3.63) is 29.3 Å². The van der Waals surface area contributed by atoms with Crippen molar-refractivity contribution in [3.63, 3.8) is 0 Å². The van der Waals surface area contributed by atoms with Gasteiger partial charge in [-0.2, -0.15) is 0 Å². The number of carbonyl (C=O) groups excluding carboxylic acids is 1. The summed E-state index contributed by atoms with van der Waals surface area (Å²) in [6.45, 7) is 0. The summed E-state index contributed by atoms with van der Waals surface area (Å²) >= 11 is 1.19. The van der Waals surface area contributed by atoms with Crippen LogP contribution in [0.4, 0.5) is 10.8 Å². The van der Waals surface area contributed by atoms with Gasteiger partial charge in [-0.3, -0.25) is 4.79 Å². The molecule has 0 saturated carbocycles. The Morgan fingerprint density at radius 1 is 1.39 bits per heavy atom. The highest BCUT2D eigenvalue weighted by Crippen LogP contribution is 2.19. The van der Waals surface area contributed by atoms with E-state index in [0.717, 1.165) is 0 Å². The van der Waals surface area contributed by atoms with Crippen molar-refractivity contribution in [2.45, 2.75) is 0 Å². The monoisotopic (exact) mass is 264 g/mol. The maximum Gasteiger partial charge on any atom is 0.286 e. The zero-order valence-corrected chi connectivity index (χ0v) is 10.7. The average molecular weight is 264 g/mol. The van der Waals surface area contributed by atoms with Crippen molar-refractivity contribution in [3.8, 4) is 5.75 Å². The minimum atomic E-state index is -0.290. The number of methoxy groups -OCH3 is 1. The van der Waals surface area contributed by atoms with E-state index in [1.165, 1.54) is 11.3 Å². The Kier molecular flexibility index (Phi) is 3.73. The lowest BCUT2D eigenvalue weighted by atomic mass is 10.3. The molecule has 1 aromatic carbocycles. The van der Waals surface area contributed by atoms with E-state index in [1.807, 2.05) is 0 Å². The fourth-order valence-corrected chi connectivity index (χ4v) is 1.89. The molecule has 0 unspecified atom stereocenters. The summed E-state index contributed by atoms with van der Waals surface area (Å²) in [7, 11) is 3.30. The molecule has 2 N–H and O–H groups in total. The summed E-state index contributed by atoms with van der Waals surface area (Å²) in [5.74, 6) is 0.392. The lowest BCUT2D eigenvalue weighted by Crippen LogP contribution is -2.11. The van der Waals surface area contributed by atoms with Gasteiger partial charge in [0.25, 0.3) is 5.91 Å². The summed E-state index contributed by atoms with van der Waals surface area (Å²) in [6, 6.07) is 7.12. The Hall–Kier alpha value is -2.15. The normalized spacial score (nSPS) is 9.89. The van der Waals surface area contributed by atoms with E-state index in [2.05, 4.69) is 20.8 Å². The van der Waals surface area contributed by atoms with E-state index in [0.29, 0.717) is 21.6 Å². The van der Waals surface area contributed by atoms with Gasteiger partial charge in [-0.25, -0.2) is 0 Å². The average Bonchev–Trinajstić information content (AvgIpc) is 2.88. The van der Waals surface area contributed by atoms with E-state index >= 15 is 0 Å². The molecule has 0 saturated heterocycles. The molecule has 0 spiro atoms. The van der Waals surface area contributed by atoms with Crippen LogP contribution >= 0.6 is 11.3 Å². The highest BCUT2D eigenvalue weighted by Gasteiger charge is 2.12. The first kappa shape index (κ1) is 12.3.